The summed E-state index contributed by atoms with van der Waals surface area (Å²) in [5, 5.41) is 0. The van der Waals surface area contributed by atoms with Crippen LogP contribution in [-0.4, -0.2) is 25.4 Å². The molecule has 0 saturated heterocycles. The second-order valence-corrected chi connectivity index (χ2v) is 4.02. The topological polar surface area (TPSA) is 61.5 Å². The van der Waals surface area contributed by atoms with E-state index in [2.05, 4.69) is 0 Å². The molecule has 1 atom stereocenters. The molecule has 0 aromatic carbocycles. The highest BCUT2D eigenvalue weighted by Crippen LogP contribution is 1.99. The van der Waals surface area contributed by atoms with Crippen molar-refractivity contribution in [2.45, 2.75) is 46.1 Å². The van der Waals surface area contributed by atoms with Gasteiger partial charge >= 0.3 is 5.97 Å². The van der Waals surface area contributed by atoms with Crippen LogP contribution < -0.4 is 5.73 Å². The Labute approximate surface area is 92.1 Å². The molecule has 0 aliphatic carbocycles. The molecule has 0 aliphatic rings. The predicted octanol–water partition coefficient (Wildman–Crippen LogP) is 1.68. The van der Waals surface area contributed by atoms with Crippen molar-refractivity contribution < 1.29 is 14.3 Å². The second-order valence-electron chi connectivity index (χ2n) is 4.02. The van der Waals surface area contributed by atoms with Crippen molar-refractivity contribution in [3.8, 4) is 0 Å². The third kappa shape index (κ3) is 8.39. The van der Waals surface area contributed by atoms with Crippen molar-refractivity contribution in [1.82, 2.24) is 0 Å². The molecular weight excluding hydrogens is 194 g/mol. The molecule has 0 aromatic heterocycles. The smallest absolute Gasteiger partial charge is 0.307 e. The lowest BCUT2D eigenvalue weighted by Gasteiger charge is -2.15. The molecule has 0 aromatic rings. The number of esters is 1. The van der Waals surface area contributed by atoms with Gasteiger partial charge in [-0.25, -0.2) is 0 Å². The van der Waals surface area contributed by atoms with Crippen LogP contribution in [0.5, 0.6) is 0 Å². The zero-order chi connectivity index (χ0) is 11.7. The first kappa shape index (κ1) is 14.4. The van der Waals surface area contributed by atoms with Gasteiger partial charge in [0, 0.05) is 12.5 Å². The summed E-state index contributed by atoms with van der Waals surface area (Å²) in [7, 11) is 0. The van der Waals surface area contributed by atoms with Gasteiger partial charge in [0.15, 0.2) is 6.79 Å². The lowest BCUT2D eigenvalue weighted by molar-refractivity contribution is -0.156. The number of rotatable bonds is 8. The molecule has 0 unspecified atom stereocenters. The average Bonchev–Trinajstić information content (AvgIpc) is 2.20. The molecule has 0 fully saturated rings. The monoisotopic (exact) mass is 217 g/mol. The van der Waals surface area contributed by atoms with Crippen LogP contribution in [0.1, 0.15) is 40.0 Å². The van der Waals surface area contributed by atoms with E-state index in [1.54, 1.807) is 0 Å². The SMILES string of the molecule is CCCCC(=O)OCOC[C@H](N)C(C)C. The van der Waals surface area contributed by atoms with Gasteiger partial charge in [0.1, 0.15) is 0 Å². The summed E-state index contributed by atoms with van der Waals surface area (Å²) in [6.07, 6.45) is 2.33. The quantitative estimate of drug-likeness (QED) is 0.382. The number of unbranched alkanes of at least 4 members (excludes halogenated alkanes) is 1. The molecule has 0 saturated carbocycles. The third-order valence-electron chi connectivity index (χ3n) is 2.20. The van der Waals surface area contributed by atoms with Gasteiger partial charge in [0.05, 0.1) is 6.61 Å². The average molecular weight is 217 g/mol. The van der Waals surface area contributed by atoms with E-state index in [4.69, 9.17) is 15.2 Å². The van der Waals surface area contributed by atoms with Crippen molar-refractivity contribution in [1.29, 1.82) is 0 Å². The van der Waals surface area contributed by atoms with Gasteiger partial charge in [0.25, 0.3) is 0 Å². The predicted molar refractivity (Wildman–Crippen MR) is 59.2 cm³/mol. The summed E-state index contributed by atoms with van der Waals surface area (Å²) in [4.78, 5) is 11.0. The highest BCUT2D eigenvalue weighted by Gasteiger charge is 2.07. The summed E-state index contributed by atoms with van der Waals surface area (Å²) < 4.78 is 10.00. The van der Waals surface area contributed by atoms with Gasteiger partial charge in [-0.3, -0.25) is 4.79 Å². The fraction of sp³-hybridized carbons (Fsp3) is 0.909. The Morgan fingerprint density at radius 3 is 2.60 bits per heavy atom. The number of hydrogen-bond acceptors (Lipinski definition) is 4. The Bertz CT molecular complexity index is 171. The number of nitrogens with two attached hydrogens (primary N) is 1. The van der Waals surface area contributed by atoms with E-state index in [0.717, 1.165) is 12.8 Å². The van der Waals surface area contributed by atoms with E-state index in [-0.39, 0.29) is 18.8 Å². The minimum atomic E-state index is -0.199. The number of ether oxygens (including phenoxy) is 2. The number of carbonyl (C=O) groups excluding carboxylic acids is 1. The van der Waals surface area contributed by atoms with Gasteiger partial charge < -0.3 is 15.2 Å². The van der Waals surface area contributed by atoms with Crippen LogP contribution >= 0.6 is 0 Å². The summed E-state index contributed by atoms with van der Waals surface area (Å²) in [5.41, 5.74) is 5.75. The zero-order valence-corrected chi connectivity index (χ0v) is 9.99. The molecule has 4 nitrogen and oxygen atoms in total. The molecule has 0 aliphatic heterocycles. The lowest BCUT2D eigenvalue weighted by Crippen LogP contribution is -2.32. The Morgan fingerprint density at radius 1 is 1.40 bits per heavy atom. The van der Waals surface area contributed by atoms with Crippen LogP contribution in [0, 0.1) is 5.92 Å². The van der Waals surface area contributed by atoms with Crippen molar-refractivity contribution >= 4 is 5.97 Å². The van der Waals surface area contributed by atoms with E-state index in [1.807, 2.05) is 20.8 Å². The minimum absolute atomic E-state index is 0.000608. The third-order valence-corrected chi connectivity index (χ3v) is 2.20. The molecule has 0 spiro atoms. The summed E-state index contributed by atoms with van der Waals surface area (Å²) in [5.74, 6) is 0.177. The second kappa shape index (κ2) is 8.68. The summed E-state index contributed by atoms with van der Waals surface area (Å²) >= 11 is 0. The molecular formula is C11H23NO3. The van der Waals surface area contributed by atoms with E-state index < -0.39 is 0 Å². The van der Waals surface area contributed by atoms with Crippen LogP contribution in [0.2, 0.25) is 0 Å². The molecule has 0 radical (unpaired) electrons. The molecule has 0 amide bonds. The van der Waals surface area contributed by atoms with Crippen molar-refractivity contribution in [3.63, 3.8) is 0 Å². The first-order chi connectivity index (χ1) is 7.07. The van der Waals surface area contributed by atoms with Gasteiger partial charge in [-0.1, -0.05) is 27.2 Å². The lowest BCUT2D eigenvalue weighted by atomic mass is 10.1. The highest BCUT2D eigenvalue weighted by atomic mass is 16.7. The molecule has 0 rings (SSSR count). The first-order valence-electron chi connectivity index (χ1n) is 5.56. The van der Waals surface area contributed by atoms with Crippen molar-refractivity contribution in [2.75, 3.05) is 13.4 Å². The minimum Gasteiger partial charge on any atom is -0.438 e. The molecule has 0 bridgehead atoms. The van der Waals surface area contributed by atoms with E-state index >= 15 is 0 Å². The largest absolute Gasteiger partial charge is 0.438 e. The summed E-state index contributed by atoms with van der Waals surface area (Å²) in [6.45, 7) is 6.54. The fourth-order valence-electron chi connectivity index (χ4n) is 0.877. The van der Waals surface area contributed by atoms with Crippen LogP contribution in [0.15, 0.2) is 0 Å². The molecule has 4 heteroatoms. The Balaban J connectivity index is 3.34. The van der Waals surface area contributed by atoms with Crippen LogP contribution in [0.4, 0.5) is 0 Å². The first-order valence-corrected chi connectivity index (χ1v) is 5.56. The molecule has 2 N–H and O–H groups in total. The standard InChI is InChI=1S/C11H23NO3/c1-4-5-6-11(13)15-8-14-7-10(12)9(2)3/h9-10H,4-8,12H2,1-3H3/t10-/m0/s1. The van der Waals surface area contributed by atoms with E-state index in [0.29, 0.717) is 18.9 Å². The van der Waals surface area contributed by atoms with Gasteiger partial charge in [-0.05, 0) is 12.3 Å². The maximum absolute atomic E-state index is 11.0. The molecule has 15 heavy (non-hydrogen) atoms. The Hall–Kier alpha value is -0.610. The highest BCUT2D eigenvalue weighted by molar-refractivity contribution is 5.69. The van der Waals surface area contributed by atoms with Crippen molar-refractivity contribution in [2.24, 2.45) is 11.7 Å². The van der Waals surface area contributed by atoms with Crippen molar-refractivity contribution in [3.05, 3.63) is 0 Å². The van der Waals surface area contributed by atoms with Gasteiger partial charge in [-0.2, -0.15) is 0 Å². The number of hydrogen-bond donors (Lipinski definition) is 1. The summed E-state index contributed by atoms with van der Waals surface area (Å²) in [6, 6.07) is -0.000608. The fourth-order valence-corrected chi connectivity index (χ4v) is 0.877. The van der Waals surface area contributed by atoms with Crippen LogP contribution in [0.3, 0.4) is 0 Å². The normalized spacial score (nSPS) is 12.9. The van der Waals surface area contributed by atoms with Crippen LogP contribution in [0.25, 0.3) is 0 Å². The van der Waals surface area contributed by atoms with E-state index in [1.165, 1.54) is 0 Å². The molecule has 0 heterocycles. The van der Waals surface area contributed by atoms with Crippen LogP contribution in [-0.2, 0) is 14.3 Å². The zero-order valence-electron chi connectivity index (χ0n) is 9.99. The molecule has 90 valence electrons. The Morgan fingerprint density at radius 2 is 2.07 bits per heavy atom. The van der Waals surface area contributed by atoms with E-state index in [9.17, 15) is 4.79 Å². The number of carbonyl (C=O) groups is 1. The van der Waals surface area contributed by atoms with Gasteiger partial charge in [-0.15, -0.1) is 0 Å². The maximum atomic E-state index is 11.0. The van der Waals surface area contributed by atoms with Gasteiger partial charge in [0.2, 0.25) is 0 Å². The Kier molecular flexibility index (Phi) is 8.33. The maximum Gasteiger partial charge on any atom is 0.307 e.